The largest absolute Gasteiger partial charge is 0.507 e. The summed E-state index contributed by atoms with van der Waals surface area (Å²) in [6.45, 7) is 6.32. The van der Waals surface area contributed by atoms with E-state index in [1.54, 1.807) is 12.1 Å². The fraction of sp³-hybridized carbons (Fsp3) is 0.333. The summed E-state index contributed by atoms with van der Waals surface area (Å²) in [6, 6.07) is 8.99. The Morgan fingerprint density at radius 3 is 2.35 bits per heavy atom. The highest BCUT2D eigenvalue weighted by molar-refractivity contribution is 5.93. The molecule has 0 saturated heterocycles. The van der Waals surface area contributed by atoms with Gasteiger partial charge in [-0.25, -0.2) is 0 Å². The van der Waals surface area contributed by atoms with Crippen LogP contribution in [0.3, 0.4) is 0 Å². The van der Waals surface area contributed by atoms with Crippen LogP contribution in [0.15, 0.2) is 30.3 Å². The van der Waals surface area contributed by atoms with Gasteiger partial charge in [-0.3, -0.25) is 0 Å². The highest BCUT2D eigenvalue weighted by Crippen LogP contribution is 2.40. The molecule has 0 aliphatic heterocycles. The topological polar surface area (TPSA) is 40.5 Å². The van der Waals surface area contributed by atoms with Gasteiger partial charge in [0.1, 0.15) is 11.5 Å². The van der Waals surface area contributed by atoms with Crippen molar-refractivity contribution in [1.82, 2.24) is 0 Å². The second-order valence-corrected chi connectivity index (χ2v) is 5.07. The molecule has 0 fully saturated rings. The van der Waals surface area contributed by atoms with E-state index in [1.165, 1.54) is 0 Å². The summed E-state index contributed by atoms with van der Waals surface area (Å²) in [6.07, 6.45) is 0.949. The van der Waals surface area contributed by atoms with E-state index in [-0.39, 0.29) is 16.9 Å². The van der Waals surface area contributed by atoms with Crippen molar-refractivity contribution < 1.29 is 10.2 Å². The second kappa shape index (κ2) is 3.95. The van der Waals surface area contributed by atoms with Crippen molar-refractivity contribution in [3.8, 4) is 11.5 Å². The predicted molar refractivity (Wildman–Crippen MR) is 70.6 cm³/mol. The van der Waals surface area contributed by atoms with Crippen molar-refractivity contribution in [2.75, 3.05) is 0 Å². The zero-order valence-electron chi connectivity index (χ0n) is 10.5. The van der Waals surface area contributed by atoms with E-state index >= 15 is 0 Å². The van der Waals surface area contributed by atoms with Crippen LogP contribution >= 0.6 is 0 Å². The molecule has 0 aliphatic rings. The van der Waals surface area contributed by atoms with Gasteiger partial charge >= 0.3 is 0 Å². The summed E-state index contributed by atoms with van der Waals surface area (Å²) in [4.78, 5) is 0. The molecular weight excluding hydrogens is 212 g/mol. The molecule has 0 unspecified atom stereocenters. The van der Waals surface area contributed by atoms with Crippen molar-refractivity contribution in [3.05, 3.63) is 35.9 Å². The first-order chi connectivity index (χ1) is 7.97. The molecule has 0 atom stereocenters. The third-order valence-electron chi connectivity index (χ3n) is 3.62. The highest BCUT2D eigenvalue weighted by Gasteiger charge is 2.23. The van der Waals surface area contributed by atoms with Crippen molar-refractivity contribution in [2.24, 2.45) is 0 Å². The minimum Gasteiger partial charge on any atom is -0.507 e. The molecule has 0 heterocycles. The smallest absolute Gasteiger partial charge is 0.127 e. The van der Waals surface area contributed by atoms with E-state index in [0.717, 1.165) is 12.0 Å². The first-order valence-corrected chi connectivity index (χ1v) is 5.91. The number of hydrogen-bond donors (Lipinski definition) is 2. The van der Waals surface area contributed by atoms with E-state index < -0.39 is 0 Å². The van der Waals surface area contributed by atoms with Crippen LogP contribution in [0.1, 0.15) is 32.8 Å². The van der Waals surface area contributed by atoms with Gasteiger partial charge in [-0.1, -0.05) is 45.0 Å². The molecule has 2 nitrogen and oxygen atoms in total. The number of aromatic hydroxyl groups is 2. The molecule has 0 bridgehead atoms. The number of phenols is 2. The van der Waals surface area contributed by atoms with E-state index in [0.29, 0.717) is 10.8 Å². The van der Waals surface area contributed by atoms with E-state index in [4.69, 9.17) is 0 Å². The summed E-state index contributed by atoms with van der Waals surface area (Å²) in [5.41, 5.74) is 0.863. The van der Waals surface area contributed by atoms with Crippen LogP contribution < -0.4 is 0 Å². The van der Waals surface area contributed by atoms with Crippen LogP contribution in [0.4, 0.5) is 0 Å². The molecule has 0 spiro atoms. The lowest BCUT2D eigenvalue weighted by atomic mass is 9.80. The summed E-state index contributed by atoms with van der Waals surface area (Å²) < 4.78 is 0. The Balaban J connectivity index is 2.75. The summed E-state index contributed by atoms with van der Waals surface area (Å²) >= 11 is 0. The average molecular weight is 230 g/mol. The molecule has 0 aliphatic carbocycles. The zero-order valence-corrected chi connectivity index (χ0v) is 10.5. The van der Waals surface area contributed by atoms with Gasteiger partial charge in [0.05, 0.1) is 0 Å². The molecule has 0 saturated carbocycles. The van der Waals surface area contributed by atoms with Gasteiger partial charge < -0.3 is 10.2 Å². The second-order valence-electron chi connectivity index (χ2n) is 5.07. The van der Waals surface area contributed by atoms with Gasteiger partial charge in [-0.05, 0) is 17.9 Å². The fourth-order valence-corrected chi connectivity index (χ4v) is 2.06. The molecule has 2 rings (SSSR count). The lowest BCUT2D eigenvalue weighted by Crippen LogP contribution is -2.15. The number of phenolic OH excluding ortho intramolecular Hbond substituents is 2. The maximum Gasteiger partial charge on any atom is 0.127 e. The van der Waals surface area contributed by atoms with Gasteiger partial charge in [0.15, 0.2) is 0 Å². The standard InChI is InChI=1S/C15H18O2/c1-4-15(2,3)12-9-8-10-11(14(12)17)6-5-7-13(10)16/h5-9,16-17H,4H2,1-3H3. The Morgan fingerprint density at radius 1 is 1.00 bits per heavy atom. The Kier molecular flexibility index (Phi) is 2.74. The van der Waals surface area contributed by atoms with Crippen molar-refractivity contribution >= 4 is 10.8 Å². The number of rotatable bonds is 2. The molecular formula is C15H18O2. The maximum atomic E-state index is 10.3. The normalized spacial score (nSPS) is 11.9. The van der Waals surface area contributed by atoms with Crippen molar-refractivity contribution in [3.63, 3.8) is 0 Å². The third kappa shape index (κ3) is 1.84. The Hall–Kier alpha value is -1.70. The molecule has 0 radical (unpaired) electrons. The van der Waals surface area contributed by atoms with Gasteiger partial charge in [-0.2, -0.15) is 0 Å². The SMILES string of the molecule is CCC(C)(C)c1ccc2c(O)cccc2c1O. The minimum absolute atomic E-state index is 0.0657. The Labute approximate surface area is 102 Å². The molecule has 2 N–H and O–H groups in total. The lowest BCUT2D eigenvalue weighted by Gasteiger charge is -2.25. The van der Waals surface area contributed by atoms with Gasteiger partial charge in [0.25, 0.3) is 0 Å². The fourth-order valence-electron chi connectivity index (χ4n) is 2.06. The van der Waals surface area contributed by atoms with Crippen LogP contribution in [0, 0.1) is 0 Å². The molecule has 2 aromatic carbocycles. The zero-order chi connectivity index (χ0) is 12.6. The quantitative estimate of drug-likeness (QED) is 0.820. The van der Waals surface area contributed by atoms with Crippen LogP contribution in [-0.4, -0.2) is 10.2 Å². The summed E-state index contributed by atoms with van der Waals surface area (Å²) in [5.74, 6) is 0.490. The van der Waals surface area contributed by atoms with Crippen LogP contribution in [-0.2, 0) is 5.41 Å². The molecule has 2 heteroatoms. The first kappa shape index (κ1) is 11.8. The predicted octanol–water partition coefficient (Wildman–Crippen LogP) is 3.94. The van der Waals surface area contributed by atoms with Gasteiger partial charge in [0, 0.05) is 16.3 Å². The van der Waals surface area contributed by atoms with Crippen LogP contribution in [0.2, 0.25) is 0 Å². The van der Waals surface area contributed by atoms with Crippen molar-refractivity contribution in [2.45, 2.75) is 32.6 Å². The number of hydrogen-bond acceptors (Lipinski definition) is 2. The van der Waals surface area contributed by atoms with Crippen LogP contribution in [0.5, 0.6) is 11.5 Å². The number of benzene rings is 2. The highest BCUT2D eigenvalue weighted by atomic mass is 16.3. The van der Waals surface area contributed by atoms with E-state index in [9.17, 15) is 10.2 Å². The van der Waals surface area contributed by atoms with Crippen molar-refractivity contribution in [1.29, 1.82) is 0 Å². The minimum atomic E-state index is -0.0657. The molecule has 90 valence electrons. The summed E-state index contributed by atoms with van der Waals surface area (Å²) in [5, 5.41) is 21.5. The first-order valence-electron chi connectivity index (χ1n) is 5.91. The van der Waals surface area contributed by atoms with Gasteiger partial charge in [-0.15, -0.1) is 0 Å². The Bertz CT molecular complexity index is 556. The van der Waals surface area contributed by atoms with E-state index in [2.05, 4.69) is 20.8 Å². The van der Waals surface area contributed by atoms with E-state index in [1.807, 2.05) is 18.2 Å². The maximum absolute atomic E-state index is 10.3. The molecule has 2 aromatic rings. The van der Waals surface area contributed by atoms with Gasteiger partial charge in [0.2, 0.25) is 0 Å². The molecule has 0 amide bonds. The number of fused-ring (bicyclic) bond motifs is 1. The monoisotopic (exact) mass is 230 g/mol. The lowest BCUT2D eigenvalue weighted by molar-refractivity contribution is 0.433. The molecule has 0 aromatic heterocycles. The summed E-state index contributed by atoms with van der Waals surface area (Å²) in [7, 11) is 0. The third-order valence-corrected chi connectivity index (χ3v) is 3.62. The average Bonchev–Trinajstić information content (AvgIpc) is 2.30. The Morgan fingerprint density at radius 2 is 1.71 bits per heavy atom. The van der Waals surface area contributed by atoms with Crippen LogP contribution in [0.25, 0.3) is 10.8 Å². The molecule has 17 heavy (non-hydrogen) atoms.